The van der Waals surface area contributed by atoms with E-state index in [0.29, 0.717) is 5.75 Å². The molecule has 0 aromatic heterocycles. The van der Waals surface area contributed by atoms with E-state index in [1.807, 2.05) is 49.4 Å². The molecule has 7 heteroatoms. The summed E-state index contributed by atoms with van der Waals surface area (Å²) in [5.74, 6) is 0.333. The number of carbonyl (C=O) groups excluding carboxylic acids is 2. The van der Waals surface area contributed by atoms with Crippen LogP contribution in [0.15, 0.2) is 78.9 Å². The van der Waals surface area contributed by atoms with Gasteiger partial charge in [0.1, 0.15) is 19.0 Å². The fourth-order valence-corrected chi connectivity index (χ4v) is 2.82. The van der Waals surface area contributed by atoms with E-state index in [2.05, 4.69) is 38.6 Å². The Labute approximate surface area is 180 Å². The zero-order valence-electron chi connectivity index (χ0n) is 17.3. The molecule has 0 unspecified atom stereocenters. The molecule has 3 aromatic rings. The number of ether oxygens (including phenoxy) is 4. The summed E-state index contributed by atoms with van der Waals surface area (Å²) in [6.45, 7) is 1.79. The van der Waals surface area contributed by atoms with Gasteiger partial charge in [-0.25, -0.2) is 9.59 Å². The third-order valence-electron chi connectivity index (χ3n) is 4.29. The molecule has 160 valence electrons. The number of carbonyl (C=O) groups is 2. The average Bonchev–Trinajstić information content (AvgIpc) is 2.80. The van der Waals surface area contributed by atoms with Gasteiger partial charge >= 0.3 is 12.3 Å². The molecule has 3 aromatic carbocycles. The van der Waals surface area contributed by atoms with Gasteiger partial charge in [-0.15, -0.1) is 0 Å². The molecule has 0 amide bonds. The number of rotatable bonds is 7. The molecule has 0 saturated carbocycles. The van der Waals surface area contributed by atoms with Crippen molar-refractivity contribution in [2.75, 3.05) is 25.2 Å². The van der Waals surface area contributed by atoms with Crippen LogP contribution >= 0.6 is 0 Å². The molecule has 0 atom stereocenters. The van der Waals surface area contributed by atoms with Crippen LogP contribution in [0.3, 0.4) is 0 Å². The van der Waals surface area contributed by atoms with Crippen molar-refractivity contribution in [1.82, 2.24) is 0 Å². The van der Waals surface area contributed by atoms with Crippen molar-refractivity contribution in [3.05, 3.63) is 84.4 Å². The van der Waals surface area contributed by atoms with Crippen LogP contribution in [-0.2, 0) is 14.2 Å². The molecule has 3 rings (SSSR count). The van der Waals surface area contributed by atoms with Crippen LogP contribution in [-0.4, -0.2) is 32.6 Å². The second-order valence-corrected chi connectivity index (χ2v) is 6.50. The highest BCUT2D eigenvalue weighted by atomic mass is 16.7. The average molecular weight is 421 g/mol. The molecule has 0 fully saturated rings. The van der Waals surface area contributed by atoms with Gasteiger partial charge in [0.25, 0.3) is 0 Å². The van der Waals surface area contributed by atoms with Crippen LogP contribution in [0.5, 0.6) is 5.75 Å². The molecule has 31 heavy (non-hydrogen) atoms. The van der Waals surface area contributed by atoms with Crippen molar-refractivity contribution in [2.45, 2.75) is 6.92 Å². The summed E-state index contributed by atoms with van der Waals surface area (Å²) in [5.41, 5.74) is 4.10. The van der Waals surface area contributed by atoms with Gasteiger partial charge in [-0.3, -0.25) is 0 Å². The first-order chi connectivity index (χ1) is 15.1. The fraction of sp³-hybridized carbons (Fsp3) is 0.167. The third kappa shape index (κ3) is 6.24. The maximum Gasteiger partial charge on any atom is 0.513 e. The summed E-state index contributed by atoms with van der Waals surface area (Å²) in [5, 5.41) is 0. The van der Waals surface area contributed by atoms with Gasteiger partial charge in [0, 0.05) is 17.1 Å². The Morgan fingerprint density at radius 2 is 1.23 bits per heavy atom. The second kappa shape index (κ2) is 10.7. The minimum Gasteiger partial charge on any atom is -0.438 e. The summed E-state index contributed by atoms with van der Waals surface area (Å²) in [6, 6.07) is 25.3. The van der Waals surface area contributed by atoms with Crippen molar-refractivity contribution in [3.8, 4) is 5.75 Å². The number of aryl methyl sites for hydroxylation is 1. The Kier molecular flexibility index (Phi) is 7.48. The highest BCUT2D eigenvalue weighted by Gasteiger charge is 2.13. The smallest absolute Gasteiger partial charge is 0.438 e. The van der Waals surface area contributed by atoms with Crippen molar-refractivity contribution in [2.24, 2.45) is 0 Å². The largest absolute Gasteiger partial charge is 0.513 e. The van der Waals surface area contributed by atoms with Crippen LogP contribution in [0.2, 0.25) is 0 Å². The number of anilines is 3. The Balaban J connectivity index is 1.68. The molecule has 0 heterocycles. The van der Waals surface area contributed by atoms with Gasteiger partial charge in [-0.1, -0.05) is 35.9 Å². The van der Waals surface area contributed by atoms with Gasteiger partial charge < -0.3 is 23.8 Å². The summed E-state index contributed by atoms with van der Waals surface area (Å²) in [7, 11) is 1.19. The first-order valence-electron chi connectivity index (χ1n) is 9.64. The van der Waals surface area contributed by atoms with Gasteiger partial charge in [0.15, 0.2) is 0 Å². The lowest BCUT2D eigenvalue weighted by Gasteiger charge is -2.25. The first kappa shape index (κ1) is 21.7. The number of nitrogens with zero attached hydrogens (tertiary/aromatic N) is 1. The first-order valence-corrected chi connectivity index (χ1v) is 9.64. The van der Waals surface area contributed by atoms with Crippen LogP contribution in [0.4, 0.5) is 26.7 Å². The van der Waals surface area contributed by atoms with Crippen molar-refractivity contribution in [1.29, 1.82) is 0 Å². The predicted octanol–water partition coefficient (Wildman–Crippen LogP) is 5.76. The molecule has 7 nitrogen and oxygen atoms in total. The van der Waals surface area contributed by atoms with Crippen LogP contribution in [0.25, 0.3) is 0 Å². The van der Waals surface area contributed by atoms with Gasteiger partial charge in [-0.2, -0.15) is 0 Å². The molecule has 0 spiro atoms. The predicted molar refractivity (Wildman–Crippen MR) is 116 cm³/mol. The molecule has 0 radical (unpaired) electrons. The Bertz CT molecular complexity index is 987. The molecule has 0 aliphatic heterocycles. The molecule has 0 aliphatic rings. The van der Waals surface area contributed by atoms with E-state index < -0.39 is 12.3 Å². The van der Waals surface area contributed by atoms with Gasteiger partial charge in [-0.05, 0) is 55.5 Å². The minimum absolute atomic E-state index is 0.122. The van der Waals surface area contributed by atoms with E-state index in [4.69, 9.17) is 9.47 Å². The number of para-hydroxylation sites is 1. The molecule has 0 aliphatic carbocycles. The van der Waals surface area contributed by atoms with E-state index >= 15 is 0 Å². The normalized spacial score (nSPS) is 10.1. The lowest BCUT2D eigenvalue weighted by Crippen LogP contribution is -2.16. The maximum atomic E-state index is 11.8. The standard InChI is InChI=1S/C24H23NO6/c1-18-8-10-20(11-9-18)25(19-6-4-3-5-7-19)21-12-14-22(15-13-21)31-24(27)30-17-16-29-23(26)28-2/h3-15H,16-17H2,1-2H3. The summed E-state index contributed by atoms with van der Waals surface area (Å²) < 4.78 is 19.0. The topological polar surface area (TPSA) is 74.3 Å². The Morgan fingerprint density at radius 3 is 1.81 bits per heavy atom. The molecule has 0 bridgehead atoms. The van der Waals surface area contributed by atoms with E-state index in [0.717, 1.165) is 17.1 Å². The van der Waals surface area contributed by atoms with E-state index in [9.17, 15) is 9.59 Å². The van der Waals surface area contributed by atoms with Crippen molar-refractivity contribution >= 4 is 29.4 Å². The lowest BCUT2D eigenvalue weighted by molar-refractivity contribution is 0.0413. The van der Waals surface area contributed by atoms with E-state index in [1.165, 1.54) is 12.7 Å². The second-order valence-electron chi connectivity index (χ2n) is 6.50. The van der Waals surface area contributed by atoms with Gasteiger partial charge in [0.05, 0.1) is 7.11 Å². The minimum atomic E-state index is -0.889. The molecule has 0 saturated heterocycles. The Morgan fingerprint density at radius 1 is 0.710 bits per heavy atom. The zero-order valence-corrected chi connectivity index (χ0v) is 17.3. The number of hydrogen-bond acceptors (Lipinski definition) is 7. The SMILES string of the molecule is COC(=O)OCCOC(=O)Oc1ccc(N(c2ccccc2)c2ccc(C)cc2)cc1. The highest BCUT2D eigenvalue weighted by molar-refractivity contribution is 5.77. The van der Waals surface area contributed by atoms with Crippen LogP contribution in [0, 0.1) is 6.92 Å². The number of benzene rings is 3. The lowest BCUT2D eigenvalue weighted by atomic mass is 10.1. The molecule has 0 N–H and O–H groups in total. The number of hydrogen-bond donors (Lipinski definition) is 0. The van der Waals surface area contributed by atoms with Crippen LogP contribution < -0.4 is 9.64 Å². The quantitative estimate of drug-likeness (QED) is 0.273. The van der Waals surface area contributed by atoms with E-state index in [-0.39, 0.29) is 13.2 Å². The van der Waals surface area contributed by atoms with Crippen molar-refractivity contribution < 1.29 is 28.5 Å². The third-order valence-corrected chi connectivity index (χ3v) is 4.29. The monoisotopic (exact) mass is 421 g/mol. The van der Waals surface area contributed by atoms with Gasteiger partial charge in [0.2, 0.25) is 0 Å². The highest BCUT2D eigenvalue weighted by Crippen LogP contribution is 2.35. The maximum absolute atomic E-state index is 11.8. The zero-order chi connectivity index (χ0) is 22.1. The van der Waals surface area contributed by atoms with Crippen LogP contribution in [0.1, 0.15) is 5.56 Å². The Hall–Kier alpha value is -4.00. The summed E-state index contributed by atoms with van der Waals surface area (Å²) in [6.07, 6.45) is -1.73. The number of methoxy groups -OCH3 is 1. The molecular weight excluding hydrogens is 398 g/mol. The molecular formula is C24H23NO6. The van der Waals surface area contributed by atoms with Crippen molar-refractivity contribution in [3.63, 3.8) is 0 Å². The van der Waals surface area contributed by atoms with E-state index in [1.54, 1.807) is 12.1 Å². The summed E-state index contributed by atoms with van der Waals surface area (Å²) >= 11 is 0. The summed E-state index contributed by atoms with van der Waals surface area (Å²) in [4.78, 5) is 24.7. The fourth-order valence-electron chi connectivity index (χ4n) is 2.82.